The van der Waals surface area contributed by atoms with Gasteiger partial charge in [0.15, 0.2) is 23.0 Å². The van der Waals surface area contributed by atoms with E-state index in [2.05, 4.69) is 4.99 Å². The van der Waals surface area contributed by atoms with Crippen molar-refractivity contribution in [3.8, 4) is 23.0 Å². The highest BCUT2D eigenvalue weighted by atomic mass is 16.5. The van der Waals surface area contributed by atoms with Gasteiger partial charge in [-0.3, -0.25) is 19.6 Å². The van der Waals surface area contributed by atoms with Gasteiger partial charge in [-0.1, -0.05) is 36.4 Å². The lowest BCUT2D eigenvalue weighted by atomic mass is 10.0. The van der Waals surface area contributed by atoms with Gasteiger partial charge in [0.1, 0.15) is 0 Å². The van der Waals surface area contributed by atoms with E-state index in [1.54, 1.807) is 52.4 Å². The first-order valence-corrected chi connectivity index (χ1v) is 18.6. The molecule has 0 aliphatic carbocycles. The summed E-state index contributed by atoms with van der Waals surface area (Å²) in [6, 6.07) is 21.5. The first kappa shape index (κ1) is 37.2. The van der Waals surface area contributed by atoms with Gasteiger partial charge in [0, 0.05) is 62.8 Å². The fourth-order valence-corrected chi connectivity index (χ4v) is 7.36. The molecule has 0 saturated heterocycles. The summed E-state index contributed by atoms with van der Waals surface area (Å²) in [5.41, 5.74) is 13.0. The predicted molar refractivity (Wildman–Crippen MR) is 215 cm³/mol. The maximum Gasteiger partial charge on any atom is 0.337 e. The molecule has 290 valence electrons. The van der Waals surface area contributed by atoms with Crippen molar-refractivity contribution >= 4 is 52.7 Å². The number of rotatable bonds is 12. The highest BCUT2D eigenvalue weighted by molar-refractivity contribution is 6.06. The van der Waals surface area contributed by atoms with E-state index < -0.39 is 5.97 Å². The molecule has 0 fully saturated rings. The van der Waals surface area contributed by atoms with Crippen molar-refractivity contribution in [2.75, 3.05) is 34.5 Å². The summed E-state index contributed by atoms with van der Waals surface area (Å²) in [5, 5.41) is 0. The van der Waals surface area contributed by atoms with Crippen molar-refractivity contribution in [1.82, 2.24) is 9.80 Å². The van der Waals surface area contributed by atoms with Crippen LogP contribution < -0.4 is 24.7 Å². The molecule has 0 aromatic heterocycles. The third kappa shape index (κ3) is 7.25. The predicted octanol–water partition coefficient (Wildman–Crippen LogP) is 6.74. The van der Waals surface area contributed by atoms with Gasteiger partial charge >= 0.3 is 5.97 Å². The molecule has 4 aromatic carbocycles. The van der Waals surface area contributed by atoms with E-state index in [0.717, 1.165) is 27.8 Å². The Labute approximate surface area is 329 Å². The Kier molecular flexibility index (Phi) is 10.3. The molecule has 4 aliphatic heterocycles. The van der Waals surface area contributed by atoms with Crippen molar-refractivity contribution in [2.24, 2.45) is 15.7 Å². The molecule has 0 unspecified atom stereocenters. The number of carbonyl (C=O) groups excluding carboxylic acids is 3. The molecule has 2 N–H and O–H groups in total. The molecular formula is C44H41N5O8. The zero-order valence-electron chi connectivity index (χ0n) is 31.8. The number of nitrogens with zero attached hydrogens (tertiary/aromatic N) is 4. The number of fused-ring (bicyclic) bond motifs is 4. The summed E-state index contributed by atoms with van der Waals surface area (Å²) in [6.07, 6.45) is 9.04. The zero-order valence-corrected chi connectivity index (χ0v) is 31.8. The van der Waals surface area contributed by atoms with Gasteiger partial charge in [-0.2, -0.15) is 0 Å². The summed E-state index contributed by atoms with van der Waals surface area (Å²) >= 11 is 0. The molecule has 0 saturated carbocycles. The Bertz CT molecular complexity index is 2370. The molecule has 0 spiro atoms. The van der Waals surface area contributed by atoms with Gasteiger partial charge in [-0.05, 0) is 52.1 Å². The molecule has 57 heavy (non-hydrogen) atoms. The minimum Gasteiger partial charge on any atom is -0.493 e. The summed E-state index contributed by atoms with van der Waals surface area (Å²) in [7, 11) is 4.40. The van der Waals surface area contributed by atoms with Crippen molar-refractivity contribution in [1.29, 1.82) is 0 Å². The molecule has 2 amide bonds. The topological polar surface area (TPSA) is 155 Å². The molecule has 4 aliphatic rings. The van der Waals surface area contributed by atoms with Crippen molar-refractivity contribution in [3.05, 3.63) is 119 Å². The monoisotopic (exact) mass is 767 g/mol. The summed E-state index contributed by atoms with van der Waals surface area (Å²) < 4.78 is 28.3. The largest absolute Gasteiger partial charge is 0.493 e. The number of benzene rings is 4. The van der Waals surface area contributed by atoms with Crippen LogP contribution >= 0.6 is 0 Å². The first-order valence-electron chi connectivity index (χ1n) is 18.6. The minimum absolute atomic E-state index is 0.161. The number of esters is 1. The molecule has 4 aromatic rings. The number of hydrogen-bond acceptors (Lipinski definition) is 11. The number of ether oxygens (including phenoxy) is 5. The van der Waals surface area contributed by atoms with Crippen LogP contribution in [0.2, 0.25) is 0 Å². The fourth-order valence-electron chi connectivity index (χ4n) is 7.36. The number of nitrogens with two attached hydrogens (primary N) is 1. The van der Waals surface area contributed by atoms with Gasteiger partial charge in [-0.15, -0.1) is 0 Å². The lowest BCUT2D eigenvalue weighted by Crippen LogP contribution is -2.32. The highest BCUT2D eigenvalue weighted by Crippen LogP contribution is 2.42. The highest BCUT2D eigenvalue weighted by Gasteiger charge is 2.35. The standard InChI is InChI=1S/C44H41N5O8/c1-53-38-17-34-36(46-22-32-15-30(24-48(32)42(34)50)27-7-5-26(21-45)6-8-27)19-40(38)56-13-4-14-57-41-20-37-35(18-39(41)54-2)43(51)49-25-31(16-33(49)23-47-37)28-9-11-29(12-10-28)44(52)55-3/h5-12,17-20,22-25,32-33H,4,13-16,21,45H2,1-3H3/t32-,33-/m0/s1. The van der Waals surface area contributed by atoms with E-state index in [9.17, 15) is 14.4 Å². The number of hydrogen-bond donors (Lipinski definition) is 1. The maximum atomic E-state index is 13.8. The summed E-state index contributed by atoms with van der Waals surface area (Å²) in [6.45, 7) is 1.05. The van der Waals surface area contributed by atoms with Crippen LogP contribution in [-0.2, 0) is 11.3 Å². The Morgan fingerprint density at radius 1 is 0.684 bits per heavy atom. The molecule has 13 heteroatoms. The van der Waals surface area contributed by atoms with Crippen LogP contribution in [0.5, 0.6) is 23.0 Å². The zero-order chi connectivity index (χ0) is 39.6. The van der Waals surface area contributed by atoms with Crippen LogP contribution in [0.25, 0.3) is 11.1 Å². The lowest BCUT2D eigenvalue weighted by Gasteiger charge is -2.19. The van der Waals surface area contributed by atoms with Crippen LogP contribution in [0.4, 0.5) is 11.4 Å². The van der Waals surface area contributed by atoms with E-state index in [4.69, 9.17) is 34.4 Å². The Hall–Kier alpha value is -6.73. The first-order chi connectivity index (χ1) is 27.8. The van der Waals surface area contributed by atoms with Gasteiger partial charge in [-0.25, -0.2) is 4.79 Å². The quantitative estimate of drug-likeness (QED) is 0.122. The SMILES string of the molecule is COC(=O)c1ccc(C2=CN3C(=O)c4cc(OC)c(OCCCOc5cc6c(cc5OC)C(=O)N5C=C(c7ccc(CN)cc7)C[C@H]5C=N6)cc4N=C[C@@H]3C2)cc1. The number of amides is 2. The second-order valence-corrected chi connectivity index (χ2v) is 13.9. The van der Waals surface area contributed by atoms with Crippen LogP contribution in [-0.4, -0.2) is 86.6 Å². The fraction of sp³-hybridized carbons (Fsp3) is 0.250. The minimum atomic E-state index is -0.406. The third-order valence-corrected chi connectivity index (χ3v) is 10.5. The smallest absolute Gasteiger partial charge is 0.337 e. The van der Waals surface area contributed by atoms with Crippen LogP contribution in [0.1, 0.15) is 67.0 Å². The van der Waals surface area contributed by atoms with Gasteiger partial charge in [0.2, 0.25) is 0 Å². The third-order valence-electron chi connectivity index (χ3n) is 10.5. The van der Waals surface area contributed by atoms with Crippen LogP contribution in [0.15, 0.2) is 95.2 Å². The Morgan fingerprint density at radius 2 is 1.16 bits per heavy atom. The molecule has 13 nitrogen and oxygen atoms in total. The van der Waals surface area contributed by atoms with Gasteiger partial charge in [0.05, 0.1) is 74.7 Å². The number of carbonyl (C=O) groups is 3. The van der Waals surface area contributed by atoms with Crippen molar-refractivity contribution < 1.29 is 38.1 Å². The van der Waals surface area contributed by atoms with Crippen LogP contribution in [0, 0.1) is 0 Å². The maximum absolute atomic E-state index is 13.8. The van der Waals surface area contributed by atoms with E-state index in [1.165, 1.54) is 21.3 Å². The summed E-state index contributed by atoms with van der Waals surface area (Å²) in [4.78, 5) is 52.2. The molecule has 2 atom stereocenters. The second kappa shape index (κ2) is 15.8. The molecule has 0 bridgehead atoms. The van der Waals surface area contributed by atoms with E-state index in [0.29, 0.717) is 76.9 Å². The number of methoxy groups -OCH3 is 3. The second-order valence-electron chi connectivity index (χ2n) is 13.9. The average Bonchev–Trinajstić information content (AvgIpc) is 3.83. The molecule has 4 heterocycles. The van der Waals surface area contributed by atoms with Gasteiger partial charge in [0.25, 0.3) is 11.8 Å². The molecular weight excluding hydrogens is 727 g/mol. The van der Waals surface area contributed by atoms with Crippen LogP contribution in [0.3, 0.4) is 0 Å². The van der Waals surface area contributed by atoms with Crippen molar-refractivity contribution in [2.45, 2.75) is 37.9 Å². The Balaban J connectivity index is 0.901. The van der Waals surface area contributed by atoms with E-state index in [1.807, 2.05) is 55.0 Å². The average molecular weight is 768 g/mol. The van der Waals surface area contributed by atoms with E-state index in [-0.39, 0.29) is 37.1 Å². The molecule has 8 rings (SSSR count). The molecule has 0 radical (unpaired) electrons. The normalized spacial score (nSPS) is 17.8. The lowest BCUT2D eigenvalue weighted by molar-refractivity contribution is 0.0600. The van der Waals surface area contributed by atoms with Crippen molar-refractivity contribution in [3.63, 3.8) is 0 Å². The van der Waals surface area contributed by atoms with E-state index >= 15 is 0 Å². The van der Waals surface area contributed by atoms with Gasteiger partial charge < -0.3 is 39.2 Å². The summed E-state index contributed by atoms with van der Waals surface area (Å²) in [5.74, 6) is 0.967. The Morgan fingerprint density at radius 3 is 1.60 bits per heavy atom. The number of aliphatic imine (C=N–C) groups is 2.